The number of amides is 3. The van der Waals surface area contributed by atoms with Crippen LogP contribution in [0.15, 0.2) is 53.6 Å². The zero-order valence-electron chi connectivity index (χ0n) is 15.2. The van der Waals surface area contributed by atoms with Gasteiger partial charge in [-0.1, -0.05) is 24.3 Å². The molecule has 3 amide bonds. The number of hydrazone groups is 1. The van der Waals surface area contributed by atoms with Gasteiger partial charge < -0.3 is 20.5 Å². The molecule has 2 aromatic rings. The molecule has 2 aromatic carbocycles. The van der Waals surface area contributed by atoms with E-state index < -0.39 is 17.7 Å². The zero-order chi connectivity index (χ0) is 20.4. The molecule has 0 heterocycles. The fourth-order valence-corrected chi connectivity index (χ4v) is 2.09. The summed E-state index contributed by atoms with van der Waals surface area (Å²) in [6.45, 7) is 1.99. The highest BCUT2D eigenvalue weighted by Crippen LogP contribution is 2.23. The van der Waals surface area contributed by atoms with E-state index in [9.17, 15) is 14.4 Å². The monoisotopic (exact) mass is 384 g/mol. The van der Waals surface area contributed by atoms with Gasteiger partial charge in [0.1, 0.15) is 11.5 Å². The topological polar surface area (TPSA) is 132 Å². The van der Waals surface area contributed by atoms with Crippen molar-refractivity contribution in [2.45, 2.75) is 6.92 Å². The third kappa shape index (κ3) is 6.45. The Morgan fingerprint density at radius 1 is 1.07 bits per heavy atom. The molecule has 0 bridgehead atoms. The zero-order valence-corrected chi connectivity index (χ0v) is 15.2. The van der Waals surface area contributed by atoms with Crippen molar-refractivity contribution in [1.82, 2.24) is 5.43 Å². The van der Waals surface area contributed by atoms with E-state index >= 15 is 0 Å². The smallest absolute Gasteiger partial charge is 0.329 e. The van der Waals surface area contributed by atoms with Crippen LogP contribution in [-0.4, -0.2) is 37.1 Å². The Balaban J connectivity index is 1.92. The number of nitrogens with one attached hydrogen (secondary N) is 2. The van der Waals surface area contributed by atoms with Gasteiger partial charge in [-0.25, -0.2) is 5.43 Å². The number of ether oxygens (including phenoxy) is 2. The van der Waals surface area contributed by atoms with Crippen molar-refractivity contribution in [1.29, 1.82) is 0 Å². The Kier molecular flexibility index (Phi) is 7.53. The van der Waals surface area contributed by atoms with Gasteiger partial charge in [-0.15, -0.1) is 0 Å². The van der Waals surface area contributed by atoms with Crippen LogP contribution in [0.1, 0.15) is 12.5 Å². The van der Waals surface area contributed by atoms with E-state index in [1.807, 2.05) is 6.92 Å². The van der Waals surface area contributed by atoms with Crippen LogP contribution >= 0.6 is 0 Å². The lowest BCUT2D eigenvalue weighted by Gasteiger charge is -2.10. The minimum Gasteiger partial charge on any atom is -0.492 e. The first-order valence-corrected chi connectivity index (χ1v) is 8.37. The van der Waals surface area contributed by atoms with Crippen molar-refractivity contribution in [3.05, 3.63) is 54.1 Å². The molecule has 0 aliphatic heterocycles. The Hall–Kier alpha value is -3.88. The number of carbonyl (C=O) groups is 3. The van der Waals surface area contributed by atoms with Crippen LogP contribution in [0.3, 0.4) is 0 Å². The number of hydrogen-bond donors (Lipinski definition) is 3. The molecule has 0 spiro atoms. The van der Waals surface area contributed by atoms with Gasteiger partial charge in [0.25, 0.3) is 5.91 Å². The molecule has 0 aliphatic rings. The fraction of sp³-hybridized carbons (Fsp3) is 0.158. The Morgan fingerprint density at radius 2 is 1.86 bits per heavy atom. The number of para-hydroxylation sites is 2. The van der Waals surface area contributed by atoms with E-state index in [4.69, 9.17) is 15.2 Å². The van der Waals surface area contributed by atoms with E-state index in [-0.39, 0.29) is 6.61 Å². The highest BCUT2D eigenvalue weighted by Gasteiger charge is 2.15. The highest BCUT2D eigenvalue weighted by atomic mass is 16.5. The molecule has 0 unspecified atom stereocenters. The van der Waals surface area contributed by atoms with Crippen LogP contribution in [0.25, 0.3) is 0 Å². The molecular formula is C19H20N4O5. The number of anilines is 1. The highest BCUT2D eigenvalue weighted by molar-refractivity contribution is 6.39. The van der Waals surface area contributed by atoms with Crippen molar-refractivity contribution in [3.63, 3.8) is 0 Å². The summed E-state index contributed by atoms with van der Waals surface area (Å²) < 4.78 is 10.6. The van der Waals surface area contributed by atoms with Gasteiger partial charge in [0.2, 0.25) is 0 Å². The average molecular weight is 384 g/mol. The van der Waals surface area contributed by atoms with Gasteiger partial charge in [0.15, 0.2) is 6.61 Å². The first kappa shape index (κ1) is 20.4. The molecule has 9 heteroatoms. The Morgan fingerprint density at radius 3 is 2.61 bits per heavy atom. The maximum absolute atomic E-state index is 12.0. The van der Waals surface area contributed by atoms with Crippen LogP contribution in [0.5, 0.6) is 11.5 Å². The summed E-state index contributed by atoms with van der Waals surface area (Å²) in [6.07, 6.45) is 1.33. The van der Waals surface area contributed by atoms with Crippen LogP contribution < -0.4 is 25.9 Å². The molecule has 0 atom stereocenters. The lowest BCUT2D eigenvalue weighted by Crippen LogP contribution is -2.32. The van der Waals surface area contributed by atoms with Crippen molar-refractivity contribution < 1.29 is 23.9 Å². The van der Waals surface area contributed by atoms with Gasteiger partial charge in [-0.3, -0.25) is 14.4 Å². The largest absolute Gasteiger partial charge is 0.492 e. The third-order valence-electron chi connectivity index (χ3n) is 3.26. The summed E-state index contributed by atoms with van der Waals surface area (Å²) in [5.41, 5.74) is 8.12. The lowest BCUT2D eigenvalue weighted by atomic mass is 10.2. The summed E-state index contributed by atoms with van der Waals surface area (Å²) in [5.74, 6) is -1.54. The predicted molar refractivity (Wildman–Crippen MR) is 103 cm³/mol. The van der Waals surface area contributed by atoms with Crippen LogP contribution in [0.4, 0.5) is 5.69 Å². The first-order valence-electron chi connectivity index (χ1n) is 8.37. The normalized spacial score (nSPS) is 10.3. The molecule has 0 radical (unpaired) electrons. The molecule has 146 valence electrons. The van der Waals surface area contributed by atoms with Crippen molar-refractivity contribution in [3.8, 4) is 11.5 Å². The number of carbonyl (C=O) groups excluding carboxylic acids is 3. The van der Waals surface area contributed by atoms with E-state index in [2.05, 4.69) is 15.8 Å². The Bertz CT molecular complexity index is 882. The van der Waals surface area contributed by atoms with Gasteiger partial charge in [-0.2, -0.15) is 5.10 Å². The second kappa shape index (κ2) is 10.3. The maximum atomic E-state index is 12.0. The Labute approximate surface area is 161 Å². The van der Waals surface area contributed by atoms with E-state index in [1.54, 1.807) is 48.5 Å². The average Bonchev–Trinajstić information content (AvgIpc) is 2.68. The third-order valence-corrected chi connectivity index (χ3v) is 3.26. The predicted octanol–water partition coefficient (Wildman–Crippen LogP) is 1.04. The van der Waals surface area contributed by atoms with Crippen molar-refractivity contribution >= 4 is 29.6 Å². The molecule has 9 nitrogen and oxygen atoms in total. The summed E-state index contributed by atoms with van der Waals surface area (Å²) in [6, 6.07) is 13.4. The lowest BCUT2D eigenvalue weighted by molar-refractivity contribution is -0.136. The molecule has 0 saturated carbocycles. The number of nitrogens with zero attached hydrogens (tertiary/aromatic N) is 1. The SMILES string of the molecule is CCOc1ccccc1NC(=O)C(=O)N/N=C/c1cccc(OCC(N)=O)c1. The number of rotatable bonds is 8. The number of hydrogen-bond acceptors (Lipinski definition) is 6. The van der Waals surface area contributed by atoms with Crippen molar-refractivity contribution in [2.24, 2.45) is 10.8 Å². The maximum Gasteiger partial charge on any atom is 0.329 e. The van der Waals surface area contributed by atoms with Crippen LogP contribution in [0, 0.1) is 0 Å². The fourth-order valence-electron chi connectivity index (χ4n) is 2.09. The standard InChI is InChI=1S/C19H20N4O5/c1-2-27-16-9-4-3-8-15(16)22-18(25)19(26)23-21-11-13-6-5-7-14(10-13)28-12-17(20)24/h3-11H,2,12H2,1H3,(H2,20,24)(H,22,25)(H,23,26)/b21-11+. The number of nitrogens with two attached hydrogens (primary N) is 1. The molecule has 0 aliphatic carbocycles. The molecule has 0 saturated heterocycles. The first-order chi connectivity index (χ1) is 13.5. The molecular weight excluding hydrogens is 364 g/mol. The summed E-state index contributed by atoms with van der Waals surface area (Å²) in [7, 11) is 0. The quantitative estimate of drug-likeness (QED) is 0.355. The number of benzene rings is 2. The van der Waals surface area contributed by atoms with Gasteiger partial charge in [0.05, 0.1) is 18.5 Å². The number of primary amides is 1. The van der Waals surface area contributed by atoms with Crippen LogP contribution in [0.2, 0.25) is 0 Å². The summed E-state index contributed by atoms with van der Waals surface area (Å²) >= 11 is 0. The van der Waals surface area contributed by atoms with Gasteiger partial charge in [0, 0.05) is 0 Å². The minimum atomic E-state index is -0.941. The second-order valence-corrected chi connectivity index (χ2v) is 5.41. The molecule has 0 aromatic heterocycles. The second-order valence-electron chi connectivity index (χ2n) is 5.41. The van der Waals surface area contributed by atoms with Gasteiger partial charge in [-0.05, 0) is 36.8 Å². The minimum absolute atomic E-state index is 0.249. The van der Waals surface area contributed by atoms with E-state index in [1.165, 1.54) is 6.21 Å². The summed E-state index contributed by atoms with van der Waals surface area (Å²) in [4.78, 5) is 34.6. The van der Waals surface area contributed by atoms with Crippen LogP contribution in [-0.2, 0) is 14.4 Å². The van der Waals surface area contributed by atoms with E-state index in [0.717, 1.165) is 0 Å². The van der Waals surface area contributed by atoms with E-state index in [0.29, 0.717) is 29.4 Å². The molecule has 28 heavy (non-hydrogen) atoms. The van der Waals surface area contributed by atoms with Gasteiger partial charge >= 0.3 is 11.8 Å². The molecule has 0 fully saturated rings. The summed E-state index contributed by atoms with van der Waals surface area (Å²) in [5, 5.41) is 6.20. The molecule has 2 rings (SSSR count). The van der Waals surface area contributed by atoms with Crippen molar-refractivity contribution in [2.75, 3.05) is 18.5 Å². The molecule has 4 N–H and O–H groups in total.